The van der Waals surface area contributed by atoms with E-state index in [0.717, 1.165) is 26.3 Å². The van der Waals surface area contributed by atoms with Crippen molar-refractivity contribution in [2.45, 2.75) is 18.9 Å². The molecule has 7 heteroatoms. The Kier molecular flexibility index (Phi) is 3.79. The molecule has 1 aliphatic rings. The molecule has 1 fully saturated rings. The number of nitrogens with one attached hydrogen (secondary N) is 1. The second-order valence-corrected chi connectivity index (χ2v) is 6.72. The van der Waals surface area contributed by atoms with Crippen LogP contribution in [0.15, 0.2) is 27.3 Å². The molecular weight excluding hydrogens is 404 g/mol. The predicted octanol–water partition coefficient (Wildman–Crippen LogP) is 3.38. The Balaban J connectivity index is 2.02. The minimum Gasteiger partial charge on any atom is -0.480 e. The van der Waals surface area contributed by atoms with E-state index in [-0.39, 0.29) is 5.91 Å². The van der Waals surface area contributed by atoms with Crippen LogP contribution in [0.2, 0.25) is 0 Å². The average molecular weight is 416 g/mol. The first-order chi connectivity index (χ1) is 9.99. The molecule has 1 aromatic heterocycles. The molecule has 3 rings (SSSR count). The zero-order valence-corrected chi connectivity index (χ0v) is 14.1. The summed E-state index contributed by atoms with van der Waals surface area (Å²) in [6.45, 7) is 0.486. The largest absolute Gasteiger partial charge is 0.480 e. The maximum absolute atomic E-state index is 12.6. The third-order valence-corrected chi connectivity index (χ3v) is 5.60. The van der Waals surface area contributed by atoms with Crippen LogP contribution in [0.4, 0.5) is 0 Å². The Morgan fingerprint density at radius 3 is 2.71 bits per heavy atom. The van der Waals surface area contributed by atoms with Gasteiger partial charge in [-0.1, -0.05) is 0 Å². The van der Waals surface area contributed by atoms with E-state index in [9.17, 15) is 14.7 Å². The highest BCUT2D eigenvalue weighted by atomic mass is 79.9. The number of likely N-dealkylation sites (tertiary alicyclic amines) is 1. The molecule has 0 bridgehead atoms. The van der Waals surface area contributed by atoms with Crippen LogP contribution in [0.3, 0.4) is 0 Å². The van der Waals surface area contributed by atoms with Crippen molar-refractivity contribution in [3.63, 3.8) is 0 Å². The molecule has 1 aromatic carbocycles. The van der Waals surface area contributed by atoms with E-state index in [1.807, 2.05) is 12.1 Å². The molecule has 2 heterocycles. The van der Waals surface area contributed by atoms with Gasteiger partial charge in [-0.3, -0.25) is 4.79 Å². The number of nitrogens with zero attached hydrogens (tertiary/aromatic N) is 1. The first-order valence-electron chi connectivity index (χ1n) is 6.49. The molecule has 1 aliphatic heterocycles. The third-order valence-electron chi connectivity index (χ3n) is 3.75. The summed E-state index contributed by atoms with van der Waals surface area (Å²) in [5.74, 6) is -1.18. The van der Waals surface area contributed by atoms with Gasteiger partial charge in [0.1, 0.15) is 6.04 Å². The first-order valence-corrected chi connectivity index (χ1v) is 8.07. The number of carboxylic acid groups (broad SMARTS) is 1. The molecule has 1 unspecified atom stereocenters. The van der Waals surface area contributed by atoms with Gasteiger partial charge in [0.15, 0.2) is 0 Å². The molecule has 0 spiro atoms. The van der Waals surface area contributed by atoms with E-state index < -0.39 is 12.0 Å². The number of amides is 1. The summed E-state index contributed by atoms with van der Waals surface area (Å²) < 4.78 is 1.74. The van der Waals surface area contributed by atoms with Crippen molar-refractivity contribution < 1.29 is 14.7 Å². The molecule has 2 aromatic rings. The van der Waals surface area contributed by atoms with Gasteiger partial charge in [0.05, 0.1) is 5.56 Å². The number of aliphatic carboxylic acids is 1. The van der Waals surface area contributed by atoms with Crippen molar-refractivity contribution in [3.05, 3.63) is 32.8 Å². The van der Waals surface area contributed by atoms with E-state index in [0.29, 0.717) is 18.5 Å². The van der Waals surface area contributed by atoms with Crippen molar-refractivity contribution in [1.29, 1.82) is 0 Å². The number of benzene rings is 1. The standard InChI is InChI=1S/C14H12Br2N2O3/c15-9-4-7-8(6-17-11(7)5-10(9)16)13(19)18-3-1-2-12(18)14(20)21/h4-6,12,17H,1-3H2,(H,20,21). The number of carboxylic acids is 1. The summed E-state index contributed by atoms with van der Waals surface area (Å²) in [4.78, 5) is 28.4. The second-order valence-electron chi connectivity index (χ2n) is 5.01. The highest BCUT2D eigenvalue weighted by Crippen LogP contribution is 2.31. The predicted molar refractivity (Wildman–Crippen MR) is 85.4 cm³/mol. The molecule has 0 radical (unpaired) electrons. The molecule has 2 N–H and O–H groups in total. The van der Waals surface area contributed by atoms with Crippen LogP contribution in [0, 0.1) is 0 Å². The third kappa shape index (κ3) is 2.48. The summed E-state index contributed by atoms with van der Waals surface area (Å²) in [7, 11) is 0. The topological polar surface area (TPSA) is 73.4 Å². The van der Waals surface area contributed by atoms with Crippen LogP contribution in [0.25, 0.3) is 10.9 Å². The van der Waals surface area contributed by atoms with Crippen molar-refractivity contribution in [3.8, 4) is 0 Å². The number of rotatable bonds is 2. The Hall–Kier alpha value is -1.34. The van der Waals surface area contributed by atoms with E-state index in [2.05, 4.69) is 36.8 Å². The molecule has 1 atom stereocenters. The maximum Gasteiger partial charge on any atom is 0.326 e. The zero-order valence-electron chi connectivity index (χ0n) is 10.9. The minimum absolute atomic E-state index is 0.236. The highest BCUT2D eigenvalue weighted by molar-refractivity contribution is 9.13. The van der Waals surface area contributed by atoms with Gasteiger partial charge in [0.25, 0.3) is 5.91 Å². The van der Waals surface area contributed by atoms with Crippen molar-refractivity contribution in [2.75, 3.05) is 6.54 Å². The van der Waals surface area contributed by atoms with Crippen LogP contribution < -0.4 is 0 Å². The van der Waals surface area contributed by atoms with Gasteiger partial charge in [0.2, 0.25) is 0 Å². The van der Waals surface area contributed by atoms with E-state index in [4.69, 9.17) is 0 Å². The number of H-pyrrole nitrogens is 1. The summed E-state index contributed by atoms with van der Waals surface area (Å²) in [6, 6.07) is 3.02. The van der Waals surface area contributed by atoms with E-state index >= 15 is 0 Å². The van der Waals surface area contributed by atoms with Gasteiger partial charge in [-0.25, -0.2) is 4.79 Å². The number of aromatic amines is 1. The van der Waals surface area contributed by atoms with E-state index in [1.54, 1.807) is 6.20 Å². The number of hydrogen-bond acceptors (Lipinski definition) is 2. The van der Waals surface area contributed by atoms with Gasteiger partial charge >= 0.3 is 5.97 Å². The van der Waals surface area contributed by atoms with Crippen molar-refractivity contribution in [2.24, 2.45) is 0 Å². The van der Waals surface area contributed by atoms with Crippen molar-refractivity contribution in [1.82, 2.24) is 9.88 Å². The minimum atomic E-state index is -0.940. The number of aromatic nitrogens is 1. The monoisotopic (exact) mass is 414 g/mol. The van der Waals surface area contributed by atoms with Gasteiger partial charge in [0, 0.05) is 32.6 Å². The number of carbonyl (C=O) groups is 2. The number of hydrogen-bond donors (Lipinski definition) is 2. The fourth-order valence-electron chi connectivity index (χ4n) is 2.71. The SMILES string of the molecule is O=C(O)C1CCCN1C(=O)c1c[nH]c2cc(Br)c(Br)cc12. The van der Waals surface area contributed by atoms with E-state index in [1.165, 1.54) is 4.90 Å². The lowest BCUT2D eigenvalue weighted by atomic mass is 10.1. The fourth-order valence-corrected chi connectivity index (χ4v) is 3.40. The normalized spacial score (nSPS) is 18.4. The van der Waals surface area contributed by atoms with Crippen LogP contribution in [0.1, 0.15) is 23.2 Å². The first kappa shape index (κ1) is 14.6. The molecule has 1 saturated heterocycles. The average Bonchev–Trinajstić information content (AvgIpc) is 3.05. The Morgan fingerprint density at radius 1 is 1.29 bits per heavy atom. The van der Waals surface area contributed by atoms with Crippen LogP contribution >= 0.6 is 31.9 Å². The smallest absolute Gasteiger partial charge is 0.326 e. The zero-order chi connectivity index (χ0) is 15.1. The molecular formula is C14H12Br2N2O3. The maximum atomic E-state index is 12.6. The number of halogens is 2. The molecule has 0 aliphatic carbocycles. The second kappa shape index (κ2) is 5.46. The molecule has 0 saturated carbocycles. The summed E-state index contributed by atoms with van der Waals surface area (Å²) >= 11 is 6.84. The van der Waals surface area contributed by atoms with Crippen LogP contribution in [-0.2, 0) is 4.79 Å². The molecule has 1 amide bonds. The Labute approximate surface area is 137 Å². The summed E-state index contributed by atoms with van der Waals surface area (Å²) in [6.07, 6.45) is 2.88. The molecule has 5 nitrogen and oxygen atoms in total. The van der Waals surface area contributed by atoms with Gasteiger partial charge in [-0.2, -0.15) is 0 Å². The van der Waals surface area contributed by atoms with Crippen molar-refractivity contribution >= 4 is 54.6 Å². The fraction of sp³-hybridized carbons (Fsp3) is 0.286. The van der Waals surface area contributed by atoms with Gasteiger partial charge in [-0.15, -0.1) is 0 Å². The Bertz CT molecular complexity index is 741. The highest BCUT2D eigenvalue weighted by Gasteiger charge is 2.35. The molecule has 110 valence electrons. The van der Waals surface area contributed by atoms with Crippen LogP contribution in [0.5, 0.6) is 0 Å². The lowest BCUT2D eigenvalue weighted by Gasteiger charge is -2.21. The Morgan fingerprint density at radius 2 is 2.00 bits per heavy atom. The lowest BCUT2D eigenvalue weighted by Crippen LogP contribution is -2.40. The number of carbonyl (C=O) groups excluding carboxylic acids is 1. The van der Waals surface area contributed by atoms with Crippen LogP contribution in [-0.4, -0.2) is 39.5 Å². The number of fused-ring (bicyclic) bond motifs is 1. The molecule has 21 heavy (non-hydrogen) atoms. The lowest BCUT2D eigenvalue weighted by molar-refractivity contribution is -0.141. The van der Waals surface area contributed by atoms with Gasteiger partial charge in [-0.05, 0) is 56.8 Å². The van der Waals surface area contributed by atoms with Gasteiger partial charge < -0.3 is 15.0 Å². The summed E-state index contributed by atoms with van der Waals surface area (Å²) in [5, 5.41) is 9.99. The summed E-state index contributed by atoms with van der Waals surface area (Å²) in [5.41, 5.74) is 1.34. The quantitative estimate of drug-likeness (QED) is 0.789.